The van der Waals surface area contributed by atoms with E-state index in [0.29, 0.717) is 13.2 Å². The fraction of sp³-hybridized carbons (Fsp3) is 0.833. The quantitative estimate of drug-likeness (QED) is 0.351. The number of phosphoric ester groups is 1. The summed E-state index contributed by atoms with van der Waals surface area (Å²) < 4.78 is 50.2. The molecule has 0 heterocycles. The first kappa shape index (κ1) is 18.8. The molecule has 0 aliphatic carbocycles. The van der Waals surface area contributed by atoms with Crippen LogP contribution in [0.1, 0.15) is 0 Å². The molecule has 0 unspecified atom stereocenters. The molecule has 0 atom stereocenters. The third-order valence-electron chi connectivity index (χ3n) is 0.883. The van der Waals surface area contributed by atoms with Crippen LogP contribution in [0.25, 0.3) is 0 Å². The highest BCUT2D eigenvalue weighted by Gasteiger charge is 2.24. The summed E-state index contributed by atoms with van der Waals surface area (Å²) in [4.78, 5) is 25.1. The minimum atomic E-state index is -4.64. The Morgan fingerprint density at radius 2 is 1.71 bits per heavy atom. The molecular formula is C6H13F3NO6P. The molecule has 7 nitrogen and oxygen atoms in total. The average molecular weight is 283 g/mol. The normalized spacial score (nSPS) is 11.6. The molecule has 0 aliphatic heterocycles. The molecule has 0 rings (SSSR count). The standard InChI is InChI=1S/C4H12NO5P.C2HF3O/c5-1-2-9-3-4-10-11(6,7)8;3-2(4,5)1-6/h1-5H2,(H2,6,7,8);1H. The summed E-state index contributed by atoms with van der Waals surface area (Å²) in [7, 11) is -4.33. The molecule has 0 aliphatic rings. The molecule has 0 bridgehead atoms. The van der Waals surface area contributed by atoms with Gasteiger partial charge in [0, 0.05) is 6.54 Å². The topological polar surface area (TPSA) is 119 Å². The smallest absolute Gasteiger partial charge is 0.378 e. The number of carbonyl (C=O) groups is 1. The van der Waals surface area contributed by atoms with E-state index in [2.05, 4.69) is 4.52 Å². The predicted octanol–water partition coefficient (Wildman–Crippen LogP) is -0.181. The number of nitrogens with two attached hydrogens (primary N) is 1. The zero-order valence-electron chi connectivity index (χ0n) is 8.59. The molecule has 0 aromatic carbocycles. The molecule has 4 N–H and O–H groups in total. The lowest BCUT2D eigenvalue weighted by Gasteiger charge is -2.04. The lowest BCUT2D eigenvalue weighted by Crippen LogP contribution is -2.11. The monoisotopic (exact) mass is 283 g/mol. The van der Waals surface area contributed by atoms with Crippen molar-refractivity contribution in [1.29, 1.82) is 0 Å². The maximum absolute atomic E-state index is 10.4. The van der Waals surface area contributed by atoms with Gasteiger partial charge in [-0.1, -0.05) is 0 Å². The van der Waals surface area contributed by atoms with Crippen LogP contribution in [0.2, 0.25) is 0 Å². The largest absolute Gasteiger partial charge is 0.469 e. The fourth-order valence-corrected chi connectivity index (χ4v) is 0.713. The van der Waals surface area contributed by atoms with E-state index in [1.807, 2.05) is 0 Å². The summed E-state index contributed by atoms with van der Waals surface area (Å²) in [5, 5.41) is 0. The number of ether oxygens (including phenoxy) is 1. The van der Waals surface area contributed by atoms with Crippen LogP contribution in [0.15, 0.2) is 0 Å². The summed E-state index contributed by atoms with van der Waals surface area (Å²) in [6.07, 6.45) is -5.70. The summed E-state index contributed by atoms with van der Waals surface area (Å²) >= 11 is 0. The first-order valence-electron chi connectivity index (χ1n) is 4.13. The zero-order chi connectivity index (χ0) is 13.9. The van der Waals surface area contributed by atoms with Gasteiger partial charge in [0.1, 0.15) is 0 Å². The van der Waals surface area contributed by atoms with Crippen molar-refractivity contribution in [3.05, 3.63) is 0 Å². The van der Waals surface area contributed by atoms with Gasteiger partial charge in [-0.15, -0.1) is 0 Å². The van der Waals surface area contributed by atoms with Gasteiger partial charge in [-0.3, -0.25) is 9.32 Å². The Hall–Kier alpha value is -0.510. The maximum Gasteiger partial charge on any atom is 0.469 e. The first-order chi connectivity index (χ1) is 7.62. The number of halogens is 3. The van der Waals surface area contributed by atoms with E-state index in [1.165, 1.54) is 0 Å². The minimum Gasteiger partial charge on any atom is -0.378 e. The Balaban J connectivity index is 0. The van der Waals surface area contributed by atoms with Crippen molar-refractivity contribution >= 4 is 14.1 Å². The van der Waals surface area contributed by atoms with Gasteiger partial charge in [0.25, 0.3) is 0 Å². The van der Waals surface area contributed by atoms with Crippen LogP contribution in [0, 0.1) is 0 Å². The van der Waals surface area contributed by atoms with Crippen LogP contribution in [-0.4, -0.2) is 48.6 Å². The van der Waals surface area contributed by atoms with Crippen molar-refractivity contribution in [3.8, 4) is 0 Å². The summed E-state index contributed by atoms with van der Waals surface area (Å²) in [5.74, 6) is 0. The van der Waals surface area contributed by atoms with Gasteiger partial charge in [0.15, 0.2) is 0 Å². The number of carbonyl (C=O) groups excluding carboxylic acids is 1. The second-order valence-electron chi connectivity index (χ2n) is 2.38. The molecule has 0 radical (unpaired) electrons. The van der Waals surface area contributed by atoms with Gasteiger partial charge < -0.3 is 20.3 Å². The van der Waals surface area contributed by atoms with Gasteiger partial charge in [-0.25, -0.2) is 4.57 Å². The molecule has 11 heteroatoms. The van der Waals surface area contributed by atoms with E-state index in [9.17, 15) is 17.7 Å². The van der Waals surface area contributed by atoms with Crippen LogP contribution in [0.3, 0.4) is 0 Å². The molecule has 104 valence electrons. The molecule has 0 saturated heterocycles. The van der Waals surface area contributed by atoms with Crippen molar-refractivity contribution in [1.82, 2.24) is 0 Å². The van der Waals surface area contributed by atoms with Crippen LogP contribution >= 0.6 is 7.82 Å². The van der Waals surface area contributed by atoms with Gasteiger partial charge >= 0.3 is 14.0 Å². The lowest BCUT2D eigenvalue weighted by molar-refractivity contribution is -0.156. The predicted molar refractivity (Wildman–Crippen MR) is 50.0 cm³/mol. The zero-order valence-corrected chi connectivity index (χ0v) is 9.49. The highest BCUT2D eigenvalue weighted by atomic mass is 31.2. The van der Waals surface area contributed by atoms with Crippen molar-refractivity contribution < 1.29 is 41.6 Å². The summed E-state index contributed by atoms with van der Waals surface area (Å²) in [6, 6.07) is 0. The second-order valence-corrected chi connectivity index (χ2v) is 3.62. The Morgan fingerprint density at radius 1 is 1.24 bits per heavy atom. The summed E-state index contributed by atoms with van der Waals surface area (Å²) in [5.41, 5.74) is 5.08. The van der Waals surface area contributed by atoms with Crippen molar-refractivity contribution in [2.24, 2.45) is 5.73 Å². The van der Waals surface area contributed by atoms with Crippen LogP contribution in [0.4, 0.5) is 13.2 Å². The van der Waals surface area contributed by atoms with E-state index in [1.54, 1.807) is 0 Å². The van der Waals surface area contributed by atoms with Gasteiger partial charge in [-0.2, -0.15) is 13.2 Å². The average Bonchev–Trinajstić information content (AvgIpc) is 2.16. The number of hydrogen-bond acceptors (Lipinski definition) is 5. The molecule has 0 aromatic heterocycles. The Bertz CT molecular complexity index is 242. The third kappa shape index (κ3) is 25.6. The number of phosphoric acid groups is 1. The van der Waals surface area contributed by atoms with Crippen LogP contribution < -0.4 is 5.73 Å². The maximum atomic E-state index is 10.4. The molecule has 0 spiro atoms. The minimum absolute atomic E-state index is 0.121. The Kier molecular flexibility index (Phi) is 10.5. The molecule has 0 saturated carbocycles. The Labute approximate surface area is 94.9 Å². The molecular weight excluding hydrogens is 270 g/mol. The van der Waals surface area contributed by atoms with E-state index in [0.717, 1.165) is 0 Å². The van der Waals surface area contributed by atoms with Crippen LogP contribution in [-0.2, 0) is 18.6 Å². The second kappa shape index (κ2) is 9.51. The third-order valence-corrected chi connectivity index (χ3v) is 1.40. The number of aldehydes is 1. The SMILES string of the molecule is NCCOCCOP(=O)(O)O.O=CC(F)(F)F. The first-order valence-corrected chi connectivity index (χ1v) is 5.66. The molecule has 0 amide bonds. The molecule has 0 fully saturated rings. The van der Waals surface area contributed by atoms with Gasteiger partial charge in [0.2, 0.25) is 6.29 Å². The van der Waals surface area contributed by atoms with Gasteiger partial charge in [-0.05, 0) is 0 Å². The fourth-order valence-electron chi connectivity index (χ4n) is 0.401. The molecule has 0 aromatic rings. The summed E-state index contributed by atoms with van der Waals surface area (Å²) in [6.45, 7) is 0.771. The number of alkyl halides is 3. The van der Waals surface area contributed by atoms with Crippen molar-refractivity contribution in [2.45, 2.75) is 6.18 Å². The number of hydrogen-bond donors (Lipinski definition) is 3. The highest BCUT2D eigenvalue weighted by Crippen LogP contribution is 2.35. The highest BCUT2D eigenvalue weighted by molar-refractivity contribution is 7.46. The Morgan fingerprint density at radius 3 is 2.00 bits per heavy atom. The lowest BCUT2D eigenvalue weighted by atomic mass is 10.7. The van der Waals surface area contributed by atoms with Crippen molar-refractivity contribution in [2.75, 3.05) is 26.4 Å². The van der Waals surface area contributed by atoms with Crippen molar-refractivity contribution in [3.63, 3.8) is 0 Å². The van der Waals surface area contributed by atoms with E-state index in [4.69, 9.17) is 25.1 Å². The number of rotatable bonds is 6. The van der Waals surface area contributed by atoms with E-state index >= 15 is 0 Å². The van der Waals surface area contributed by atoms with E-state index < -0.39 is 20.3 Å². The van der Waals surface area contributed by atoms with E-state index in [-0.39, 0.29) is 13.2 Å². The van der Waals surface area contributed by atoms with Crippen LogP contribution in [0.5, 0.6) is 0 Å². The van der Waals surface area contributed by atoms with Gasteiger partial charge in [0.05, 0.1) is 19.8 Å². The molecule has 17 heavy (non-hydrogen) atoms.